The van der Waals surface area contributed by atoms with Gasteiger partial charge in [-0.2, -0.15) is 0 Å². The maximum atomic E-state index is 12.4. The first-order valence-electron chi connectivity index (χ1n) is 7.48. The largest absolute Gasteiger partial charge is 0.496 e. The molecule has 1 amide bonds. The molecule has 1 heterocycles. The van der Waals surface area contributed by atoms with Crippen molar-refractivity contribution in [3.8, 4) is 17.2 Å². The van der Waals surface area contributed by atoms with Crippen LogP contribution in [-0.2, 0) is 0 Å². The maximum absolute atomic E-state index is 12.4. The third-order valence-corrected chi connectivity index (χ3v) is 3.90. The minimum atomic E-state index is -0.164. The SMILES string of the molecule is COc1cc(OC)c(C(=O)NCC2CCCNC2)cc1OC. The lowest BCUT2D eigenvalue weighted by atomic mass is 9.99. The zero-order valence-electron chi connectivity index (χ0n) is 13.4. The average Bonchev–Trinajstić information content (AvgIpc) is 2.59. The van der Waals surface area contributed by atoms with Gasteiger partial charge in [-0.1, -0.05) is 0 Å². The van der Waals surface area contributed by atoms with Crippen LogP contribution in [0.1, 0.15) is 23.2 Å². The molecule has 0 aromatic heterocycles. The normalized spacial score (nSPS) is 17.7. The van der Waals surface area contributed by atoms with Gasteiger partial charge in [0.05, 0.1) is 26.9 Å². The van der Waals surface area contributed by atoms with Gasteiger partial charge in [-0.25, -0.2) is 0 Å². The van der Waals surface area contributed by atoms with Gasteiger partial charge in [-0.15, -0.1) is 0 Å². The molecule has 22 heavy (non-hydrogen) atoms. The molecule has 1 unspecified atom stereocenters. The van der Waals surface area contributed by atoms with E-state index in [4.69, 9.17) is 14.2 Å². The minimum Gasteiger partial charge on any atom is -0.496 e. The smallest absolute Gasteiger partial charge is 0.255 e. The van der Waals surface area contributed by atoms with Crippen molar-refractivity contribution in [2.24, 2.45) is 5.92 Å². The predicted octanol–water partition coefficient (Wildman–Crippen LogP) is 1.44. The van der Waals surface area contributed by atoms with Crippen LogP contribution < -0.4 is 24.8 Å². The summed E-state index contributed by atoms with van der Waals surface area (Å²) in [5, 5.41) is 6.32. The number of methoxy groups -OCH3 is 3. The summed E-state index contributed by atoms with van der Waals surface area (Å²) in [4.78, 5) is 12.4. The fourth-order valence-corrected chi connectivity index (χ4v) is 2.64. The molecule has 1 atom stereocenters. The zero-order chi connectivity index (χ0) is 15.9. The number of amides is 1. The summed E-state index contributed by atoms with van der Waals surface area (Å²) in [6.07, 6.45) is 2.29. The molecular weight excluding hydrogens is 284 g/mol. The van der Waals surface area contributed by atoms with Crippen LogP contribution in [0, 0.1) is 5.92 Å². The fourth-order valence-electron chi connectivity index (χ4n) is 2.64. The third kappa shape index (κ3) is 3.82. The van der Waals surface area contributed by atoms with Crippen LogP contribution in [0.25, 0.3) is 0 Å². The molecular formula is C16H24N2O4. The summed E-state index contributed by atoms with van der Waals surface area (Å²) < 4.78 is 15.8. The van der Waals surface area contributed by atoms with Gasteiger partial charge in [0.2, 0.25) is 0 Å². The Balaban J connectivity index is 2.10. The van der Waals surface area contributed by atoms with Crippen molar-refractivity contribution in [1.29, 1.82) is 0 Å². The highest BCUT2D eigenvalue weighted by Gasteiger charge is 2.19. The van der Waals surface area contributed by atoms with Gasteiger partial charge in [0.15, 0.2) is 11.5 Å². The van der Waals surface area contributed by atoms with Crippen molar-refractivity contribution in [2.45, 2.75) is 12.8 Å². The fraction of sp³-hybridized carbons (Fsp3) is 0.562. The molecule has 1 aromatic carbocycles. The number of rotatable bonds is 6. The monoisotopic (exact) mass is 308 g/mol. The first-order valence-corrected chi connectivity index (χ1v) is 7.48. The molecule has 6 nitrogen and oxygen atoms in total. The van der Waals surface area contributed by atoms with E-state index in [9.17, 15) is 4.79 Å². The Labute approximate surface area is 131 Å². The summed E-state index contributed by atoms with van der Waals surface area (Å²) in [6, 6.07) is 3.31. The molecule has 1 saturated heterocycles. The number of nitrogens with one attached hydrogen (secondary N) is 2. The van der Waals surface area contributed by atoms with Crippen molar-refractivity contribution < 1.29 is 19.0 Å². The number of hydrogen-bond donors (Lipinski definition) is 2. The number of piperidine rings is 1. The minimum absolute atomic E-state index is 0.164. The molecule has 2 rings (SSSR count). The summed E-state index contributed by atoms with van der Waals surface area (Å²) in [7, 11) is 4.62. The topological polar surface area (TPSA) is 68.8 Å². The summed E-state index contributed by atoms with van der Waals surface area (Å²) in [5.41, 5.74) is 0.448. The van der Waals surface area contributed by atoms with E-state index in [2.05, 4.69) is 10.6 Å². The molecule has 0 spiro atoms. The average molecular weight is 308 g/mol. The number of hydrogen-bond acceptors (Lipinski definition) is 5. The Morgan fingerprint density at radius 3 is 2.45 bits per heavy atom. The second-order valence-corrected chi connectivity index (χ2v) is 5.33. The van der Waals surface area contributed by atoms with Gasteiger partial charge in [0, 0.05) is 18.7 Å². The molecule has 0 radical (unpaired) electrons. The Morgan fingerprint density at radius 2 is 1.86 bits per heavy atom. The third-order valence-electron chi connectivity index (χ3n) is 3.90. The summed E-state index contributed by atoms with van der Waals surface area (Å²) in [5.74, 6) is 1.82. The molecule has 0 bridgehead atoms. The van der Waals surface area contributed by atoms with Gasteiger partial charge >= 0.3 is 0 Å². The van der Waals surface area contributed by atoms with E-state index < -0.39 is 0 Å². The van der Waals surface area contributed by atoms with E-state index in [0.29, 0.717) is 35.3 Å². The van der Waals surface area contributed by atoms with E-state index >= 15 is 0 Å². The Kier molecular flexibility index (Phi) is 5.89. The van der Waals surface area contributed by atoms with Crippen molar-refractivity contribution in [2.75, 3.05) is 41.0 Å². The molecule has 1 aromatic rings. The van der Waals surface area contributed by atoms with Crippen LogP contribution in [0.15, 0.2) is 12.1 Å². The number of ether oxygens (including phenoxy) is 3. The number of carbonyl (C=O) groups excluding carboxylic acids is 1. The highest BCUT2D eigenvalue weighted by atomic mass is 16.5. The first-order chi connectivity index (χ1) is 10.7. The van der Waals surface area contributed by atoms with Crippen LogP contribution in [-0.4, -0.2) is 46.9 Å². The Bertz CT molecular complexity index is 513. The van der Waals surface area contributed by atoms with Crippen molar-refractivity contribution in [3.63, 3.8) is 0 Å². The predicted molar refractivity (Wildman–Crippen MR) is 84.0 cm³/mol. The van der Waals surface area contributed by atoms with Gasteiger partial charge in [-0.05, 0) is 31.8 Å². The first kappa shape index (κ1) is 16.4. The van der Waals surface area contributed by atoms with Gasteiger partial charge in [0.25, 0.3) is 5.91 Å². The van der Waals surface area contributed by atoms with Gasteiger partial charge in [-0.3, -0.25) is 4.79 Å². The van der Waals surface area contributed by atoms with Crippen molar-refractivity contribution >= 4 is 5.91 Å². The van der Waals surface area contributed by atoms with Crippen LogP contribution in [0.2, 0.25) is 0 Å². The van der Waals surface area contributed by atoms with E-state index in [-0.39, 0.29) is 5.91 Å². The maximum Gasteiger partial charge on any atom is 0.255 e. The molecule has 6 heteroatoms. The van der Waals surface area contributed by atoms with Crippen LogP contribution in [0.3, 0.4) is 0 Å². The van der Waals surface area contributed by atoms with Crippen LogP contribution >= 0.6 is 0 Å². The highest BCUT2D eigenvalue weighted by Crippen LogP contribution is 2.34. The lowest BCUT2D eigenvalue weighted by molar-refractivity contribution is 0.0941. The molecule has 0 aliphatic carbocycles. The van der Waals surface area contributed by atoms with Crippen LogP contribution in [0.4, 0.5) is 0 Å². The Hall–Kier alpha value is -1.95. The standard InChI is InChI=1S/C16H24N2O4/c1-20-13-8-15(22-3)14(21-2)7-12(13)16(19)18-10-11-5-4-6-17-9-11/h7-8,11,17H,4-6,9-10H2,1-3H3,(H,18,19). The molecule has 2 N–H and O–H groups in total. The molecule has 122 valence electrons. The van der Waals surface area contributed by atoms with Crippen molar-refractivity contribution in [3.05, 3.63) is 17.7 Å². The summed E-state index contributed by atoms with van der Waals surface area (Å²) in [6.45, 7) is 2.67. The number of benzene rings is 1. The van der Waals surface area contributed by atoms with Crippen molar-refractivity contribution in [1.82, 2.24) is 10.6 Å². The van der Waals surface area contributed by atoms with Crippen LogP contribution in [0.5, 0.6) is 17.2 Å². The molecule has 1 aliphatic heterocycles. The van der Waals surface area contributed by atoms with E-state index in [1.165, 1.54) is 7.11 Å². The molecule has 0 saturated carbocycles. The Morgan fingerprint density at radius 1 is 1.18 bits per heavy atom. The lowest BCUT2D eigenvalue weighted by Crippen LogP contribution is -2.38. The summed E-state index contributed by atoms with van der Waals surface area (Å²) >= 11 is 0. The number of carbonyl (C=O) groups is 1. The quantitative estimate of drug-likeness (QED) is 0.832. The van der Waals surface area contributed by atoms with E-state index in [0.717, 1.165) is 25.9 Å². The lowest BCUT2D eigenvalue weighted by Gasteiger charge is -2.23. The zero-order valence-corrected chi connectivity index (χ0v) is 13.4. The van der Waals surface area contributed by atoms with E-state index in [1.807, 2.05) is 0 Å². The molecule has 1 aliphatic rings. The molecule has 1 fully saturated rings. The van der Waals surface area contributed by atoms with Gasteiger partial charge in [0.1, 0.15) is 5.75 Å². The second-order valence-electron chi connectivity index (χ2n) is 5.33. The highest BCUT2D eigenvalue weighted by molar-refractivity contribution is 5.97. The van der Waals surface area contributed by atoms with Gasteiger partial charge < -0.3 is 24.8 Å². The second kappa shape index (κ2) is 7.89. The van der Waals surface area contributed by atoms with E-state index in [1.54, 1.807) is 26.4 Å².